The molecular weight excluding hydrogens is 524 g/mol. The number of ether oxygens (including phenoxy) is 4. The summed E-state index contributed by atoms with van der Waals surface area (Å²) >= 11 is 0. The first kappa shape index (κ1) is 30.7. The number of hydrogen-bond acceptors (Lipinski definition) is 14. The van der Waals surface area contributed by atoms with E-state index in [0.29, 0.717) is 44.0 Å². The predicted octanol–water partition coefficient (Wildman–Crippen LogP) is 4.67. The van der Waals surface area contributed by atoms with Gasteiger partial charge in [0.2, 0.25) is 0 Å². The summed E-state index contributed by atoms with van der Waals surface area (Å²) in [6.45, 7) is 4.35. The molecule has 0 bridgehead atoms. The van der Waals surface area contributed by atoms with Crippen LogP contribution in [0, 0.1) is 0 Å². The molecule has 14 heteroatoms. The highest BCUT2D eigenvalue weighted by Crippen LogP contribution is 2.15. The highest BCUT2D eigenvalue weighted by molar-refractivity contribution is 5.89. The Balaban J connectivity index is 1.46. The van der Waals surface area contributed by atoms with Crippen molar-refractivity contribution in [2.24, 2.45) is 0 Å². The molecule has 2 aromatic carbocycles. The molecule has 0 aromatic heterocycles. The largest absolute Gasteiger partial charge is 0.543 e. The van der Waals surface area contributed by atoms with Crippen LogP contribution in [0.15, 0.2) is 48.5 Å². The average Bonchev–Trinajstić information content (AvgIpc) is 2.93. The van der Waals surface area contributed by atoms with Crippen molar-refractivity contribution < 1.29 is 67.8 Å². The van der Waals surface area contributed by atoms with Crippen molar-refractivity contribution in [2.45, 2.75) is 33.1 Å². The van der Waals surface area contributed by atoms with Crippen molar-refractivity contribution in [3.8, 4) is 11.5 Å². The zero-order valence-electron chi connectivity index (χ0n) is 21.3. The van der Waals surface area contributed by atoms with Gasteiger partial charge >= 0.3 is 24.2 Å². The molecule has 0 aliphatic heterocycles. The first-order chi connectivity index (χ1) is 18.9. The highest BCUT2D eigenvalue weighted by Gasteiger charge is 2.14. The summed E-state index contributed by atoms with van der Waals surface area (Å²) in [6.07, 6.45) is -1.15. The molecule has 39 heavy (non-hydrogen) atoms. The van der Waals surface area contributed by atoms with Crippen LogP contribution in [0.5, 0.6) is 11.5 Å². The molecule has 0 aliphatic carbocycles. The number of rotatable bonds is 16. The van der Waals surface area contributed by atoms with Gasteiger partial charge in [-0.05, 0) is 69.5 Å². The molecule has 0 saturated carbocycles. The van der Waals surface area contributed by atoms with Gasteiger partial charge in [0.1, 0.15) is 11.5 Å². The first-order valence-corrected chi connectivity index (χ1v) is 11.8. The molecule has 212 valence electrons. The molecule has 0 N–H and O–H groups in total. The third-order valence-electron chi connectivity index (χ3n) is 4.41. The summed E-state index contributed by atoms with van der Waals surface area (Å²) in [6, 6.07) is 12.3. The molecule has 0 fully saturated rings. The number of benzene rings is 2. The predicted molar refractivity (Wildman–Crippen MR) is 127 cm³/mol. The second-order valence-electron chi connectivity index (χ2n) is 7.22. The van der Waals surface area contributed by atoms with Crippen molar-refractivity contribution in [3.63, 3.8) is 0 Å². The minimum atomic E-state index is -1.22. The van der Waals surface area contributed by atoms with E-state index in [0.717, 1.165) is 0 Å². The molecular formula is C25H28O14. The summed E-state index contributed by atoms with van der Waals surface area (Å²) in [5, 5.41) is 8.27. The van der Waals surface area contributed by atoms with E-state index in [2.05, 4.69) is 29.6 Å². The maximum Gasteiger partial charge on any atom is 0.543 e. The second-order valence-corrected chi connectivity index (χ2v) is 7.22. The van der Waals surface area contributed by atoms with E-state index in [-0.39, 0.29) is 24.3 Å². The molecule has 2 aromatic rings. The Bertz CT molecular complexity index is 987. The van der Waals surface area contributed by atoms with E-state index in [9.17, 15) is 19.2 Å². The monoisotopic (exact) mass is 552 g/mol. The van der Waals surface area contributed by atoms with Crippen LogP contribution in [0.25, 0.3) is 0 Å². The summed E-state index contributed by atoms with van der Waals surface area (Å²) in [5.74, 6) is -0.883. The van der Waals surface area contributed by atoms with Gasteiger partial charge in [0.05, 0.1) is 47.6 Å². The first-order valence-electron chi connectivity index (χ1n) is 11.8. The molecule has 0 unspecified atom stereocenters. The van der Waals surface area contributed by atoms with Crippen LogP contribution >= 0.6 is 0 Å². The van der Waals surface area contributed by atoms with E-state index in [1.165, 1.54) is 24.3 Å². The van der Waals surface area contributed by atoms with Gasteiger partial charge in [0.25, 0.3) is 0 Å². The number of carbonyl (C=O) groups is 4. The van der Waals surface area contributed by atoms with Crippen LogP contribution in [-0.4, -0.2) is 50.7 Å². The minimum absolute atomic E-state index is 0.0411. The van der Waals surface area contributed by atoms with E-state index in [4.69, 9.17) is 18.9 Å². The van der Waals surface area contributed by atoms with Crippen molar-refractivity contribution in [1.82, 2.24) is 0 Å². The lowest BCUT2D eigenvalue weighted by Crippen LogP contribution is -2.13. The minimum Gasteiger partial charge on any atom is -0.494 e. The molecule has 2 rings (SSSR count). The van der Waals surface area contributed by atoms with Gasteiger partial charge in [-0.25, -0.2) is 29.0 Å². The van der Waals surface area contributed by atoms with Crippen LogP contribution in [0.3, 0.4) is 0 Å². The second kappa shape index (κ2) is 17.8. The fraction of sp³-hybridized carbons (Fsp3) is 0.360. The average molecular weight is 552 g/mol. The molecule has 0 radical (unpaired) electrons. The van der Waals surface area contributed by atoms with Gasteiger partial charge in [0.15, 0.2) is 0 Å². The van der Waals surface area contributed by atoms with E-state index < -0.39 is 24.2 Å². The standard InChI is InChI=1S/C25H28O14/c1-3-30-20-12-8-10-18(16-20)22(26)34-38-36-24(28)32-14-6-5-7-15-33-25(29)37-39-35-23(27)19-11-9-13-21(17-19)31-4-2/h8-13,16-17H,3-7,14-15H2,1-2H3. The zero-order valence-corrected chi connectivity index (χ0v) is 21.3. The maximum absolute atomic E-state index is 11.9. The van der Waals surface area contributed by atoms with Gasteiger partial charge in [-0.2, -0.15) is 0 Å². The normalized spacial score (nSPS) is 10.1. The fourth-order valence-electron chi connectivity index (χ4n) is 2.75. The highest BCUT2D eigenvalue weighted by atomic mass is 17.5. The molecule has 0 spiro atoms. The Kier molecular flexibility index (Phi) is 14.0. The van der Waals surface area contributed by atoms with Crippen molar-refractivity contribution in [2.75, 3.05) is 26.4 Å². The molecule has 0 amide bonds. The molecule has 14 nitrogen and oxygen atoms in total. The van der Waals surface area contributed by atoms with Gasteiger partial charge in [-0.1, -0.05) is 12.1 Å². The van der Waals surface area contributed by atoms with Crippen LogP contribution in [-0.2, 0) is 39.1 Å². The van der Waals surface area contributed by atoms with Crippen molar-refractivity contribution >= 4 is 24.2 Å². The molecule has 0 heterocycles. The summed E-state index contributed by atoms with van der Waals surface area (Å²) in [5.41, 5.74) is 0.250. The van der Waals surface area contributed by atoms with Crippen LogP contribution in [0.1, 0.15) is 53.8 Å². The summed E-state index contributed by atoms with van der Waals surface area (Å²) in [7, 11) is 0. The Morgan fingerprint density at radius 2 is 1.03 bits per heavy atom. The fourth-order valence-corrected chi connectivity index (χ4v) is 2.75. The van der Waals surface area contributed by atoms with Gasteiger partial charge in [-0.15, -0.1) is 0 Å². The van der Waals surface area contributed by atoms with Crippen LogP contribution in [0.4, 0.5) is 9.59 Å². The summed E-state index contributed by atoms with van der Waals surface area (Å²) in [4.78, 5) is 63.7. The SMILES string of the molecule is CCOc1cccc(C(=O)OOOC(=O)OCCCCCOC(=O)OOOC(=O)c2cccc(OCC)c2)c1. The number of carbonyl (C=O) groups excluding carboxylic acids is 4. The maximum atomic E-state index is 11.9. The molecule has 0 aliphatic rings. The third-order valence-corrected chi connectivity index (χ3v) is 4.41. The van der Waals surface area contributed by atoms with Gasteiger partial charge in [0, 0.05) is 0 Å². The van der Waals surface area contributed by atoms with E-state index >= 15 is 0 Å². The topological polar surface area (TPSA) is 161 Å². The third kappa shape index (κ3) is 12.5. The number of hydrogen-bond donors (Lipinski definition) is 0. The van der Waals surface area contributed by atoms with Gasteiger partial charge in [-0.3, -0.25) is 9.78 Å². The lowest BCUT2D eigenvalue weighted by atomic mass is 10.2. The Labute approximate surface area is 223 Å². The molecule has 0 atom stereocenters. The zero-order chi connectivity index (χ0) is 28.3. The van der Waals surface area contributed by atoms with Crippen molar-refractivity contribution in [3.05, 3.63) is 59.7 Å². The summed E-state index contributed by atoms with van der Waals surface area (Å²) < 4.78 is 20.0. The molecule has 0 saturated heterocycles. The smallest absolute Gasteiger partial charge is 0.494 e. The van der Waals surface area contributed by atoms with Gasteiger partial charge < -0.3 is 18.9 Å². The lowest BCUT2D eigenvalue weighted by molar-refractivity contribution is -0.452. The van der Waals surface area contributed by atoms with E-state index in [1.807, 2.05) is 0 Å². The van der Waals surface area contributed by atoms with E-state index in [1.54, 1.807) is 38.1 Å². The Hall–Kier alpha value is -4.56. The van der Waals surface area contributed by atoms with Crippen LogP contribution < -0.4 is 9.47 Å². The lowest BCUT2D eigenvalue weighted by Gasteiger charge is -2.06. The van der Waals surface area contributed by atoms with Crippen LogP contribution in [0.2, 0.25) is 0 Å². The quantitative estimate of drug-likeness (QED) is 0.122. The Morgan fingerprint density at radius 3 is 1.44 bits per heavy atom. The number of unbranched alkanes of at least 4 members (excludes halogenated alkanes) is 2. The van der Waals surface area contributed by atoms with Crippen molar-refractivity contribution in [1.29, 1.82) is 0 Å². The Morgan fingerprint density at radius 1 is 0.590 bits per heavy atom.